The second-order valence-electron chi connectivity index (χ2n) is 4.37. The molecular weight excluding hydrogens is 262 g/mol. The van der Waals surface area contributed by atoms with E-state index in [0.717, 1.165) is 11.1 Å². The van der Waals surface area contributed by atoms with Gasteiger partial charge in [-0.1, -0.05) is 36.5 Å². The average molecular weight is 281 g/mol. The zero-order chi connectivity index (χ0) is 14.4. The number of nitrogens with two attached hydrogens (primary N) is 1. The van der Waals surface area contributed by atoms with Gasteiger partial charge < -0.3 is 16.2 Å². The summed E-state index contributed by atoms with van der Waals surface area (Å²) in [5.41, 5.74) is 7.04. The van der Waals surface area contributed by atoms with E-state index >= 15 is 0 Å². The van der Waals surface area contributed by atoms with Crippen molar-refractivity contribution in [3.8, 4) is 0 Å². The second-order valence-corrected chi connectivity index (χ2v) is 4.81. The lowest BCUT2D eigenvalue weighted by molar-refractivity contribution is -0.121. The molecule has 1 aromatic carbocycles. The summed E-state index contributed by atoms with van der Waals surface area (Å²) >= 11 is 4.86. The van der Waals surface area contributed by atoms with Crippen LogP contribution >= 0.6 is 12.2 Å². The number of rotatable bonds is 6. The lowest BCUT2D eigenvalue weighted by Gasteiger charge is -2.20. The molecule has 5 nitrogen and oxygen atoms in total. The predicted octanol–water partition coefficient (Wildman–Crippen LogP) is 0.0320. The van der Waals surface area contributed by atoms with E-state index in [1.165, 1.54) is 0 Å². The van der Waals surface area contributed by atoms with E-state index in [4.69, 9.17) is 18.0 Å². The highest BCUT2D eigenvalue weighted by Gasteiger charge is 2.12. The van der Waals surface area contributed by atoms with Gasteiger partial charge in [-0.05, 0) is 12.6 Å². The molecule has 0 heterocycles. The molecule has 19 heavy (non-hydrogen) atoms. The first-order valence-electron chi connectivity index (χ1n) is 5.91. The van der Waals surface area contributed by atoms with Crippen LogP contribution in [0.15, 0.2) is 24.3 Å². The van der Waals surface area contributed by atoms with Gasteiger partial charge in [0.05, 0.1) is 12.6 Å². The summed E-state index contributed by atoms with van der Waals surface area (Å²) in [5.74, 6) is -0.0847. The van der Waals surface area contributed by atoms with Gasteiger partial charge in [-0.15, -0.1) is 0 Å². The largest absolute Gasteiger partial charge is 0.389 e. The summed E-state index contributed by atoms with van der Waals surface area (Å²) in [6.45, 7) is 0.623. The molecule has 0 saturated carbocycles. The summed E-state index contributed by atoms with van der Waals surface area (Å²) in [6, 6.07) is 7.12. The number of benzene rings is 1. The maximum atomic E-state index is 11.2. The quantitative estimate of drug-likeness (QED) is 0.641. The maximum absolute atomic E-state index is 11.2. The summed E-state index contributed by atoms with van der Waals surface area (Å²) in [6.07, 6.45) is -0.657. The third-order valence-electron chi connectivity index (χ3n) is 2.76. The first-order valence-corrected chi connectivity index (χ1v) is 6.31. The first-order chi connectivity index (χ1) is 8.93. The summed E-state index contributed by atoms with van der Waals surface area (Å²) < 4.78 is 0. The number of nitrogens with one attached hydrogen (secondary N) is 1. The lowest BCUT2D eigenvalue weighted by Crippen LogP contribution is -2.35. The van der Waals surface area contributed by atoms with E-state index in [2.05, 4.69) is 5.32 Å². The number of hydrogen-bond donors (Lipinski definition) is 3. The molecule has 6 heteroatoms. The molecule has 104 valence electrons. The molecule has 1 aromatic rings. The van der Waals surface area contributed by atoms with Crippen LogP contribution in [0.1, 0.15) is 17.2 Å². The lowest BCUT2D eigenvalue weighted by atomic mass is 10.1. The SMILES string of the molecule is CNC(=O)CN(C)CC(O)c1ccc(C(N)=S)cc1. The highest BCUT2D eigenvalue weighted by molar-refractivity contribution is 7.80. The highest BCUT2D eigenvalue weighted by atomic mass is 32.1. The Labute approximate surface area is 118 Å². The van der Waals surface area contributed by atoms with Crippen LogP contribution < -0.4 is 11.1 Å². The number of hydrogen-bond acceptors (Lipinski definition) is 4. The number of likely N-dealkylation sites (N-methyl/N-ethyl adjacent to an activating group) is 2. The Morgan fingerprint density at radius 2 is 2.05 bits per heavy atom. The second kappa shape index (κ2) is 7.18. The van der Waals surface area contributed by atoms with Crippen LogP contribution in [0.4, 0.5) is 0 Å². The van der Waals surface area contributed by atoms with Crippen LogP contribution in [0.3, 0.4) is 0 Å². The fourth-order valence-electron chi connectivity index (χ4n) is 1.66. The number of amides is 1. The van der Waals surface area contributed by atoms with Crippen molar-refractivity contribution in [2.24, 2.45) is 5.73 Å². The smallest absolute Gasteiger partial charge is 0.233 e. The van der Waals surface area contributed by atoms with E-state index in [9.17, 15) is 9.90 Å². The predicted molar refractivity (Wildman–Crippen MR) is 78.9 cm³/mol. The summed E-state index contributed by atoms with van der Waals surface area (Å²) in [4.78, 5) is 13.3. The Hall–Kier alpha value is -1.50. The Balaban J connectivity index is 2.60. The van der Waals surface area contributed by atoms with E-state index in [-0.39, 0.29) is 12.5 Å². The molecule has 0 spiro atoms. The van der Waals surface area contributed by atoms with Crippen molar-refractivity contribution in [2.45, 2.75) is 6.10 Å². The Morgan fingerprint density at radius 3 is 2.53 bits per heavy atom. The monoisotopic (exact) mass is 281 g/mol. The molecule has 1 amide bonds. The number of aliphatic hydroxyl groups is 1. The number of nitrogens with zero attached hydrogens (tertiary/aromatic N) is 1. The highest BCUT2D eigenvalue weighted by Crippen LogP contribution is 2.14. The molecule has 1 rings (SSSR count). The van der Waals surface area contributed by atoms with Crippen LogP contribution in [0, 0.1) is 0 Å². The van der Waals surface area contributed by atoms with Crippen LogP contribution in [0.2, 0.25) is 0 Å². The average Bonchev–Trinajstić information content (AvgIpc) is 2.38. The van der Waals surface area contributed by atoms with Crippen LogP contribution in [-0.2, 0) is 4.79 Å². The van der Waals surface area contributed by atoms with E-state index in [0.29, 0.717) is 11.5 Å². The zero-order valence-electron chi connectivity index (χ0n) is 11.1. The van der Waals surface area contributed by atoms with Crippen molar-refractivity contribution >= 4 is 23.1 Å². The topological polar surface area (TPSA) is 78.6 Å². The van der Waals surface area contributed by atoms with E-state index in [1.807, 2.05) is 0 Å². The molecule has 0 bridgehead atoms. The van der Waals surface area contributed by atoms with Gasteiger partial charge in [-0.2, -0.15) is 0 Å². The molecule has 4 N–H and O–H groups in total. The molecule has 0 aliphatic carbocycles. The van der Waals surface area contributed by atoms with E-state index < -0.39 is 6.10 Å². The van der Waals surface area contributed by atoms with Gasteiger partial charge in [0.2, 0.25) is 5.91 Å². The van der Waals surface area contributed by atoms with Gasteiger partial charge >= 0.3 is 0 Å². The van der Waals surface area contributed by atoms with Gasteiger partial charge in [-0.3, -0.25) is 9.69 Å². The van der Waals surface area contributed by atoms with Crippen molar-refractivity contribution in [3.05, 3.63) is 35.4 Å². The fourth-order valence-corrected chi connectivity index (χ4v) is 1.80. The Bertz CT molecular complexity index is 448. The van der Waals surface area contributed by atoms with Crippen LogP contribution in [0.25, 0.3) is 0 Å². The fraction of sp³-hybridized carbons (Fsp3) is 0.385. The normalized spacial score (nSPS) is 12.2. The molecule has 0 aliphatic heterocycles. The van der Waals surface area contributed by atoms with Crippen molar-refractivity contribution in [1.82, 2.24) is 10.2 Å². The third-order valence-corrected chi connectivity index (χ3v) is 2.99. The first kappa shape index (κ1) is 15.6. The Morgan fingerprint density at radius 1 is 1.47 bits per heavy atom. The molecule has 0 fully saturated rings. The van der Waals surface area contributed by atoms with Gasteiger partial charge in [0.25, 0.3) is 0 Å². The molecular formula is C13H19N3O2S. The van der Waals surface area contributed by atoms with E-state index in [1.54, 1.807) is 43.3 Å². The molecule has 0 aromatic heterocycles. The molecule has 0 radical (unpaired) electrons. The number of carbonyl (C=O) groups is 1. The molecule has 0 saturated heterocycles. The van der Waals surface area contributed by atoms with Crippen molar-refractivity contribution in [3.63, 3.8) is 0 Å². The van der Waals surface area contributed by atoms with Crippen molar-refractivity contribution < 1.29 is 9.90 Å². The molecule has 1 unspecified atom stereocenters. The Kier molecular flexibility index (Phi) is 5.88. The van der Waals surface area contributed by atoms with Gasteiger partial charge in [-0.25, -0.2) is 0 Å². The van der Waals surface area contributed by atoms with Crippen molar-refractivity contribution in [1.29, 1.82) is 0 Å². The summed E-state index contributed by atoms with van der Waals surface area (Å²) in [7, 11) is 3.36. The maximum Gasteiger partial charge on any atom is 0.233 e. The summed E-state index contributed by atoms with van der Waals surface area (Å²) in [5, 5.41) is 12.6. The standard InChI is InChI=1S/C13H19N3O2S/c1-15-12(18)8-16(2)7-11(17)9-3-5-10(6-4-9)13(14)19/h3-6,11,17H,7-8H2,1-2H3,(H2,14,19)(H,15,18). The van der Waals surface area contributed by atoms with Crippen LogP contribution in [-0.4, -0.2) is 48.1 Å². The van der Waals surface area contributed by atoms with Gasteiger partial charge in [0, 0.05) is 19.2 Å². The number of thiocarbonyl (C=S) groups is 1. The van der Waals surface area contributed by atoms with Crippen molar-refractivity contribution in [2.75, 3.05) is 27.2 Å². The van der Waals surface area contributed by atoms with Gasteiger partial charge in [0.1, 0.15) is 4.99 Å². The molecule has 1 atom stereocenters. The minimum absolute atomic E-state index is 0.0847. The van der Waals surface area contributed by atoms with Gasteiger partial charge in [0.15, 0.2) is 0 Å². The van der Waals surface area contributed by atoms with Crippen LogP contribution in [0.5, 0.6) is 0 Å². The third kappa shape index (κ3) is 4.94. The number of aliphatic hydroxyl groups excluding tert-OH is 1. The molecule has 0 aliphatic rings. The number of carbonyl (C=O) groups excluding carboxylic acids is 1. The minimum atomic E-state index is -0.657. The zero-order valence-corrected chi connectivity index (χ0v) is 11.9. The minimum Gasteiger partial charge on any atom is -0.389 e.